The first-order chi connectivity index (χ1) is 14.2. The summed E-state index contributed by atoms with van der Waals surface area (Å²) in [5, 5.41) is 3.19. The van der Waals surface area contributed by atoms with Crippen LogP contribution in [-0.2, 0) is 22.6 Å². The summed E-state index contributed by atoms with van der Waals surface area (Å²) in [7, 11) is 0. The van der Waals surface area contributed by atoms with Crippen LogP contribution in [0.15, 0.2) is 39.5 Å². The van der Waals surface area contributed by atoms with Crippen molar-refractivity contribution >= 4 is 34.4 Å². The average Bonchev–Trinajstić information content (AvgIpc) is 2.63. The van der Waals surface area contributed by atoms with Gasteiger partial charge in [-0.05, 0) is 49.2 Å². The minimum Gasteiger partial charge on any atom is -0.426 e. The number of benzene rings is 2. The number of nitrogens with one attached hydrogen (secondary N) is 1. The first-order valence-corrected chi connectivity index (χ1v) is 9.50. The second-order valence-corrected chi connectivity index (χ2v) is 7.28. The summed E-state index contributed by atoms with van der Waals surface area (Å²) >= 11 is 5.96. The Bertz CT molecular complexity index is 1200. The van der Waals surface area contributed by atoms with Crippen molar-refractivity contribution < 1.29 is 23.1 Å². The Morgan fingerprint density at radius 3 is 2.60 bits per heavy atom. The summed E-state index contributed by atoms with van der Waals surface area (Å²) in [6, 6.07) is 7.54. The standard InChI is InChI=1S/C22H19ClFNO5/c1-11-7-18(29-13(3)26)21-12(2)14(22(28)30-19(21)8-11)9-20(27)25-10-15-16(23)5-4-6-17(15)24/h4-8H,9-10H2,1-3H3,(H,25,27). The number of ether oxygens (including phenoxy) is 1. The van der Waals surface area contributed by atoms with Gasteiger partial charge < -0.3 is 14.5 Å². The van der Waals surface area contributed by atoms with Gasteiger partial charge in [0.1, 0.15) is 17.1 Å². The van der Waals surface area contributed by atoms with Crippen LogP contribution in [0.2, 0.25) is 5.02 Å². The molecule has 1 heterocycles. The number of carbonyl (C=O) groups excluding carboxylic acids is 2. The van der Waals surface area contributed by atoms with Crippen molar-refractivity contribution in [2.45, 2.75) is 33.7 Å². The van der Waals surface area contributed by atoms with Crippen LogP contribution in [0.5, 0.6) is 5.75 Å². The van der Waals surface area contributed by atoms with Gasteiger partial charge in [0.25, 0.3) is 0 Å². The Labute approximate surface area is 176 Å². The summed E-state index contributed by atoms with van der Waals surface area (Å²) in [6.45, 7) is 4.57. The zero-order chi connectivity index (χ0) is 22.0. The predicted octanol–water partition coefficient (Wildman–Crippen LogP) is 3.99. The molecule has 156 valence electrons. The van der Waals surface area contributed by atoms with Crippen molar-refractivity contribution in [2.24, 2.45) is 0 Å². The van der Waals surface area contributed by atoms with E-state index in [0.29, 0.717) is 10.9 Å². The molecular weight excluding hydrogens is 413 g/mol. The molecule has 6 nitrogen and oxygen atoms in total. The molecule has 3 rings (SSSR count). The predicted molar refractivity (Wildman–Crippen MR) is 110 cm³/mol. The molecule has 8 heteroatoms. The molecule has 0 saturated carbocycles. The van der Waals surface area contributed by atoms with Gasteiger partial charge in [0.05, 0.1) is 17.4 Å². The van der Waals surface area contributed by atoms with Crippen LogP contribution in [0.1, 0.15) is 29.2 Å². The molecule has 0 radical (unpaired) electrons. The number of hydrogen-bond acceptors (Lipinski definition) is 5. The van der Waals surface area contributed by atoms with Gasteiger partial charge in [-0.25, -0.2) is 9.18 Å². The second-order valence-electron chi connectivity index (χ2n) is 6.88. The highest BCUT2D eigenvalue weighted by molar-refractivity contribution is 6.31. The highest BCUT2D eigenvalue weighted by atomic mass is 35.5. The van der Waals surface area contributed by atoms with Gasteiger partial charge in [0.15, 0.2) is 0 Å². The number of fused-ring (bicyclic) bond motifs is 1. The molecule has 0 aliphatic heterocycles. The fourth-order valence-electron chi connectivity index (χ4n) is 3.19. The van der Waals surface area contributed by atoms with Crippen LogP contribution in [0.4, 0.5) is 4.39 Å². The summed E-state index contributed by atoms with van der Waals surface area (Å²) in [5.74, 6) is -1.32. The second kappa shape index (κ2) is 8.67. The maximum atomic E-state index is 13.9. The van der Waals surface area contributed by atoms with Crippen LogP contribution in [-0.4, -0.2) is 11.9 Å². The van der Waals surface area contributed by atoms with Crippen molar-refractivity contribution in [3.05, 3.63) is 73.8 Å². The Balaban J connectivity index is 1.92. The Morgan fingerprint density at radius 1 is 1.20 bits per heavy atom. The van der Waals surface area contributed by atoms with Gasteiger partial charge in [0, 0.05) is 24.1 Å². The maximum absolute atomic E-state index is 13.9. The van der Waals surface area contributed by atoms with E-state index in [0.717, 1.165) is 5.56 Å². The van der Waals surface area contributed by atoms with Crippen LogP contribution in [0.25, 0.3) is 11.0 Å². The molecule has 0 aliphatic carbocycles. The molecule has 1 aromatic heterocycles. The lowest BCUT2D eigenvalue weighted by Crippen LogP contribution is -2.28. The van der Waals surface area contributed by atoms with E-state index in [1.165, 1.54) is 25.1 Å². The minimum absolute atomic E-state index is 0.122. The van der Waals surface area contributed by atoms with Crippen molar-refractivity contribution in [1.29, 1.82) is 0 Å². The fraction of sp³-hybridized carbons (Fsp3) is 0.227. The SMILES string of the molecule is CC(=O)Oc1cc(C)cc2oc(=O)c(CC(=O)NCc3c(F)cccc3Cl)c(C)c12. The molecule has 3 aromatic rings. The largest absolute Gasteiger partial charge is 0.426 e. The minimum atomic E-state index is -0.668. The highest BCUT2D eigenvalue weighted by Crippen LogP contribution is 2.31. The normalized spacial score (nSPS) is 10.8. The molecule has 0 bridgehead atoms. The van der Waals surface area contributed by atoms with Gasteiger partial charge in [-0.2, -0.15) is 0 Å². The molecule has 0 fully saturated rings. The number of esters is 1. The van der Waals surface area contributed by atoms with Gasteiger partial charge in [0.2, 0.25) is 5.91 Å². The summed E-state index contributed by atoms with van der Waals surface area (Å²) < 4.78 is 24.5. The van der Waals surface area contributed by atoms with E-state index in [4.69, 9.17) is 20.8 Å². The van der Waals surface area contributed by atoms with Crippen molar-refractivity contribution in [3.63, 3.8) is 0 Å². The molecule has 1 amide bonds. The Hall–Kier alpha value is -3.19. The van der Waals surface area contributed by atoms with E-state index in [-0.39, 0.29) is 40.4 Å². The first kappa shape index (κ1) is 21.5. The van der Waals surface area contributed by atoms with E-state index in [1.54, 1.807) is 26.0 Å². The van der Waals surface area contributed by atoms with Gasteiger partial charge >= 0.3 is 11.6 Å². The smallest absolute Gasteiger partial charge is 0.340 e. The first-order valence-electron chi connectivity index (χ1n) is 9.12. The van der Waals surface area contributed by atoms with Crippen molar-refractivity contribution in [3.8, 4) is 5.75 Å². The summed E-state index contributed by atoms with van der Waals surface area (Å²) in [5.41, 5.74) is 1.08. The molecule has 0 spiro atoms. The number of halogens is 2. The molecule has 0 atom stereocenters. The summed E-state index contributed by atoms with van der Waals surface area (Å²) in [6.07, 6.45) is -0.288. The highest BCUT2D eigenvalue weighted by Gasteiger charge is 2.19. The average molecular weight is 432 g/mol. The Morgan fingerprint density at radius 2 is 1.93 bits per heavy atom. The quantitative estimate of drug-likeness (QED) is 0.375. The molecule has 0 unspecified atom stereocenters. The third kappa shape index (κ3) is 4.52. The Kier molecular flexibility index (Phi) is 6.22. The number of hydrogen-bond donors (Lipinski definition) is 1. The maximum Gasteiger partial charge on any atom is 0.340 e. The van der Waals surface area contributed by atoms with E-state index < -0.39 is 23.3 Å². The number of carbonyl (C=O) groups is 2. The van der Waals surface area contributed by atoms with Crippen LogP contribution >= 0.6 is 11.6 Å². The molecule has 0 saturated heterocycles. The molecule has 0 aliphatic rings. The monoisotopic (exact) mass is 431 g/mol. The van der Waals surface area contributed by atoms with Gasteiger partial charge in [-0.15, -0.1) is 0 Å². The lowest BCUT2D eigenvalue weighted by Gasteiger charge is -2.13. The van der Waals surface area contributed by atoms with E-state index in [9.17, 15) is 18.8 Å². The lowest BCUT2D eigenvalue weighted by atomic mass is 10.0. The molecular formula is C22H19ClFNO5. The zero-order valence-corrected chi connectivity index (χ0v) is 17.4. The van der Waals surface area contributed by atoms with Crippen LogP contribution in [0.3, 0.4) is 0 Å². The zero-order valence-electron chi connectivity index (χ0n) is 16.6. The van der Waals surface area contributed by atoms with Crippen molar-refractivity contribution in [1.82, 2.24) is 5.32 Å². The fourth-order valence-corrected chi connectivity index (χ4v) is 3.42. The third-order valence-electron chi connectivity index (χ3n) is 4.60. The molecule has 2 aromatic carbocycles. The van der Waals surface area contributed by atoms with Gasteiger partial charge in [-0.1, -0.05) is 17.7 Å². The van der Waals surface area contributed by atoms with Gasteiger partial charge in [-0.3, -0.25) is 9.59 Å². The molecule has 1 N–H and O–H groups in total. The number of amides is 1. The number of rotatable bonds is 5. The van der Waals surface area contributed by atoms with E-state index >= 15 is 0 Å². The summed E-state index contributed by atoms with van der Waals surface area (Å²) in [4.78, 5) is 36.4. The topological polar surface area (TPSA) is 85.6 Å². The third-order valence-corrected chi connectivity index (χ3v) is 4.96. The lowest BCUT2D eigenvalue weighted by molar-refractivity contribution is -0.131. The van der Waals surface area contributed by atoms with Crippen molar-refractivity contribution in [2.75, 3.05) is 0 Å². The van der Waals surface area contributed by atoms with Crippen LogP contribution < -0.4 is 15.7 Å². The number of aryl methyl sites for hydroxylation is 2. The van der Waals surface area contributed by atoms with E-state index in [2.05, 4.69) is 5.32 Å². The van der Waals surface area contributed by atoms with Crippen LogP contribution in [0, 0.1) is 19.7 Å². The van der Waals surface area contributed by atoms with E-state index in [1.807, 2.05) is 0 Å². The molecule has 30 heavy (non-hydrogen) atoms.